The Balaban J connectivity index is 1.71. The fourth-order valence-electron chi connectivity index (χ4n) is 3.33. The van der Waals surface area contributed by atoms with Crippen molar-refractivity contribution in [1.29, 1.82) is 0 Å². The maximum Gasteiger partial charge on any atom is 0.261 e. The molecule has 7 heteroatoms. The molecule has 0 amide bonds. The van der Waals surface area contributed by atoms with Gasteiger partial charge in [-0.1, -0.05) is 29.4 Å². The summed E-state index contributed by atoms with van der Waals surface area (Å²) in [5, 5.41) is 22.7. The van der Waals surface area contributed by atoms with Crippen LogP contribution in [0.1, 0.15) is 16.7 Å². The third kappa shape index (κ3) is 3.72. The largest absolute Gasteiger partial charge is 0.392 e. The van der Waals surface area contributed by atoms with Gasteiger partial charge in [-0.3, -0.25) is 0 Å². The van der Waals surface area contributed by atoms with Crippen molar-refractivity contribution >= 4 is 0 Å². The minimum Gasteiger partial charge on any atom is -0.392 e. The van der Waals surface area contributed by atoms with Crippen LogP contribution in [0.5, 0.6) is 0 Å². The first-order chi connectivity index (χ1) is 14.5. The molecule has 3 aromatic carbocycles. The molecule has 0 fully saturated rings. The van der Waals surface area contributed by atoms with Gasteiger partial charge in [0.2, 0.25) is 5.82 Å². The van der Waals surface area contributed by atoms with Crippen molar-refractivity contribution in [2.45, 2.75) is 20.1 Å². The van der Waals surface area contributed by atoms with Crippen LogP contribution in [0.2, 0.25) is 0 Å². The van der Waals surface area contributed by atoms with Crippen LogP contribution in [0.3, 0.4) is 0 Å². The summed E-state index contributed by atoms with van der Waals surface area (Å²) in [5.74, 6) is -0.724. The average Bonchev–Trinajstić information content (AvgIpc) is 3.24. The minimum atomic E-state index is -0.568. The Hall–Kier alpha value is -3.42. The zero-order valence-electron chi connectivity index (χ0n) is 16.1. The van der Waals surface area contributed by atoms with Crippen LogP contribution in [0.25, 0.3) is 34.0 Å². The van der Waals surface area contributed by atoms with Gasteiger partial charge in [-0.15, -0.1) is 0 Å². The number of hydrogen-bond donors (Lipinski definition) is 2. The first-order valence-corrected chi connectivity index (χ1v) is 9.24. The summed E-state index contributed by atoms with van der Waals surface area (Å²) in [4.78, 5) is 4.28. The lowest BCUT2D eigenvalue weighted by Gasteiger charge is -2.09. The zero-order valence-corrected chi connectivity index (χ0v) is 16.1. The normalized spacial score (nSPS) is 11.1. The van der Waals surface area contributed by atoms with E-state index in [1.54, 1.807) is 43.3 Å². The second-order valence-corrected chi connectivity index (χ2v) is 6.88. The third-order valence-electron chi connectivity index (χ3n) is 4.91. The number of nitrogens with zero attached hydrogens (tertiary/aromatic N) is 2. The molecule has 0 bridgehead atoms. The number of rotatable bonds is 5. The lowest BCUT2D eigenvalue weighted by atomic mass is 9.98. The van der Waals surface area contributed by atoms with E-state index in [4.69, 9.17) is 4.52 Å². The lowest BCUT2D eigenvalue weighted by molar-refractivity contribution is 0.260. The van der Waals surface area contributed by atoms with Gasteiger partial charge in [-0.25, -0.2) is 8.78 Å². The highest BCUT2D eigenvalue weighted by Gasteiger charge is 2.18. The Kier molecular flexibility index (Phi) is 5.39. The zero-order chi connectivity index (χ0) is 21.3. The van der Waals surface area contributed by atoms with Crippen LogP contribution < -0.4 is 0 Å². The Morgan fingerprint density at radius 3 is 2.40 bits per heavy atom. The second kappa shape index (κ2) is 8.14. The standard InChI is InChI=1S/C23H18F2N2O3/c1-13-7-20(21(25)10-19(13)14-3-2-4-18(24)9-14)23-26-22(27-30-23)15-5-6-16(11-28)17(8-15)12-29/h2-10,28-29H,11-12H2,1H3. The number of aromatic nitrogens is 2. The van der Waals surface area contributed by atoms with Crippen LogP contribution >= 0.6 is 0 Å². The molecule has 0 saturated heterocycles. The predicted octanol–water partition coefficient (Wildman–Crippen LogP) is 4.64. The van der Waals surface area contributed by atoms with E-state index >= 15 is 0 Å². The molecule has 5 nitrogen and oxygen atoms in total. The summed E-state index contributed by atoms with van der Waals surface area (Å²) in [7, 11) is 0. The van der Waals surface area contributed by atoms with Crippen molar-refractivity contribution in [3.8, 4) is 34.0 Å². The van der Waals surface area contributed by atoms with Crippen molar-refractivity contribution < 1.29 is 23.5 Å². The highest BCUT2D eigenvalue weighted by molar-refractivity contribution is 5.72. The topological polar surface area (TPSA) is 79.4 Å². The molecule has 0 aliphatic carbocycles. The van der Waals surface area contributed by atoms with Gasteiger partial charge in [0, 0.05) is 5.56 Å². The highest BCUT2D eigenvalue weighted by atomic mass is 19.1. The van der Waals surface area contributed by atoms with Crippen molar-refractivity contribution in [3.63, 3.8) is 0 Å². The first-order valence-electron chi connectivity index (χ1n) is 9.24. The van der Waals surface area contributed by atoms with E-state index in [1.807, 2.05) is 0 Å². The number of hydrogen-bond acceptors (Lipinski definition) is 5. The maximum atomic E-state index is 14.8. The monoisotopic (exact) mass is 408 g/mol. The van der Waals surface area contributed by atoms with Gasteiger partial charge in [-0.05, 0) is 65.1 Å². The van der Waals surface area contributed by atoms with Gasteiger partial charge < -0.3 is 14.7 Å². The molecule has 0 unspecified atom stereocenters. The smallest absolute Gasteiger partial charge is 0.261 e. The fourth-order valence-corrected chi connectivity index (χ4v) is 3.33. The average molecular weight is 408 g/mol. The molecule has 1 heterocycles. The number of aliphatic hydroxyl groups is 2. The lowest BCUT2D eigenvalue weighted by Crippen LogP contribution is -1.95. The Morgan fingerprint density at radius 2 is 1.67 bits per heavy atom. The van der Waals surface area contributed by atoms with Crippen molar-refractivity contribution in [2.75, 3.05) is 0 Å². The second-order valence-electron chi connectivity index (χ2n) is 6.88. The number of halogens is 2. The summed E-state index contributed by atoms with van der Waals surface area (Å²) in [6, 6.07) is 13.9. The van der Waals surface area contributed by atoms with Gasteiger partial charge in [0.05, 0.1) is 18.8 Å². The molecular formula is C23H18F2N2O3. The molecule has 2 N–H and O–H groups in total. The molecule has 4 aromatic rings. The summed E-state index contributed by atoms with van der Waals surface area (Å²) in [6.45, 7) is 1.35. The van der Waals surface area contributed by atoms with Crippen molar-refractivity contribution in [2.24, 2.45) is 0 Å². The van der Waals surface area contributed by atoms with E-state index in [1.165, 1.54) is 18.2 Å². The van der Waals surface area contributed by atoms with Gasteiger partial charge in [0.15, 0.2) is 0 Å². The van der Waals surface area contributed by atoms with Gasteiger partial charge in [0.25, 0.3) is 5.89 Å². The first kappa shape index (κ1) is 19.9. The predicted molar refractivity (Wildman–Crippen MR) is 107 cm³/mol. The Bertz CT molecular complexity index is 1220. The van der Waals surface area contributed by atoms with Crippen molar-refractivity contribution in [3.05, 3.63) is 82.9 Å². The minimum absolute atomic E-state index is 0.00757. The van der Waals surface area contributed by atoms with E-state index in [-0.39, 0.29) is 30.5 Å². The molecule has 0 atom stereocenters. The van der Waals surface area contributed by atoms with E-state index < -0.39 is 11.6 Å². The molecular weight excluding hydrogens is 390 g/mol. The molecule has 30 heavy (non-hydrogen) atoms. The number of benzene rings is 3. The molecule has 0 aliphatic heterocycles. The SMILES string of the molecule is Cc1cc(-c2nc(-c3ccc(CO)c(CO)c3)no2)c(F)cc1-c1cccc(F)c1. The van der Waals surface area contributed by atoms with Gasteiger partial charge >= 0.3 is 0 Å². The van der Waals surface area contributed by atoms with E-state index in [2.05, 4.69) is 10.1 Å². The maximum absolute atomic E-state index is 14.8. The molecule has 152 valence electrons. The summed E-state index contributed by atoms with van der Waals surface area (Å²) in [5.41, 5.74) is 3.72. The van der Waals surface area contributed by atoms with Crippen LogP contribution in [0.15, 0.2) is 59.1 Å². The Morgan fingerprint density at radius 1 is 0.867 bits per heavy atom. The van der Waals surface area contributed by atoms with Crippen LogP contribution in [0, 0.1) is 18.6 Å². The van der Waals surface area contributed by atoms with E-state index in [9.17, 15) is 19.0 Å². The van der Waals surface area contributed by atoms with Gasteiger partial charge in [-0.2, -0.15) is 4.98 Å². The quantitative estimate of drug-likeness (QED) is 0.503. The van der Waals surface area contributed by atoms with Gasteiger partial charge in [0.1, 0.15) is 11.6 Å². The highest BCUT2D eigenvalue weighted by Crippen LogP contribution is 2.32. The molecule has 0 aliphatic rings. The molecule has 4 rings (SSSR count). The third-order valence-corrected chi connectivity index (χ3v) is 4.91. The van der Waals surface area contributed by atoms with Crippen LogP contribution in [0.4, 0.5) is 8.78 Å². The molecule has 1 aromatic heterocycles. The Labute approximate surface area is 171 Å². The van der Waals surface area contributed by atoms with E-state index in [0.717, 1.165) is 5.56 Å². The van der Waals surface area contributed by atoms with E-state index in [0.29, 0.717) is 27.8 Å². The van der Waals surface area contributed by atoms with Crippen molar-refractivity contribution in [1.82, 2.24) is 10.1 Å². The summed E-state index contributed by atoms with van der Waals surface area (Å²) < 4.78 is 33.6. The summed E-state index contributed by atoms with van der Waals surface area (Å²) in [6.07, 6.45) is 0. The number of aliphatic hydroxyl groups excluding tert-OH is 2. The van der Waals surface area contributed by atoms with Crippen LogP contribution in [-0.2, 0) is 13.2 Å². The molecule has 0 spiro atoms. The van der Waals surface area contributed by atoms with Crippen LogP contribution in [-0.4, -0.2) is 20.4 Å². The number of aryl methyl sites for hydroxylation is 1. The molecule has 0 saturated carbocycles. The summed E-state index contributed by atoms with van der Waals surface area (Å²) >= 11 is 0. The fraction of sp³-hybridized carbons (Fsp3) is 0.130. The molecule has 0 radical (unpaired) electrons.